The Hall–Kier alpha value is -10.8. The molecule has 0 aliphatic heterocycles. The molecule has 83 heavy (non-hydrogen) atoms. The lowest BCUT2D eigenvalue weighted by Crippen LogP contribution is -1.92. The van der Waals surface area contributed by atoms with Crippen LogP contribution in [0.25, 0.3) is 165 Å². The highest BCUT2D eigenvalue weighted by molar-refractivity contribution is 6.25. The molecule has 0 amide bonds. The van der Waals surface area contributed by atoms with Gasteiger partial charge in [-0.1, -0.05) is 243 Å². The largest absolute Gasteiger partial charge is 0.461 e. The Bertz CT molecular complexity index is 5210. The summed E-state index contributed by atoms with van der Waals surface area (Å²) in [6.07, 6.45) is 4.19. The number of rotatable bonds is 9. The van der Waals surface area contributed by atoms with Crippen LogP contribution in [-0.2, 0) is 0 Å². The van der Waals surface area contributed by atoms with Gasteiger partial charge >= 0.3 is 0 Å². The molecule has 0 aliphatic rings. The molecule has 2 heterocycles. The standard InChI is InChI=1S/C81H52O2/c1-3-51(52-33-37-55(38-34-52)79-65-24-9-11-26-67(65)80(68-27-12-10-25-66(68)79)56-39-35-53(36-40-56)57-41-43-63-62-23-17-18-32-75(62)83-77(63)48-57)46-73-50(2)82-76-49-58(42-44-64(73)76)60-45-59-21-7-8-22-61(59)74(47-60)81-71-30-15-13-28-69(71)78(54-19-5-4-6-20-54)70-29-14-16-31-72(70)81/h3-49H,1H2,2H3/b51-46+. The number of aryl methyl sites for hydroxylation is 1. The molecular weight excluding hydrogens is 1000 g/mol. The maximum absolute atomic E-state index is 6.68. The molecule has 0 radical (unpaired) electrons. The highest BCUT2D eigenvalue weighted by atomic mass is 16.3. The number of hydrogen-bond acceptors (Lipinski definition) is 2. The second-order valence-electron chi connectivity index (χ2n) is 21.8. The monoisotopic (exact) mass is 1060 g/mol. The Morgan fingerprint density at radius 1 is 0.301 bits per heavy atom. The molecular formula is C81H52O2. The molecule has 0 aliphatic carbocycles. The first-order chi connectivity index (χ1) is 41.0. The summed E-state index contributed by atoms with van der Waals surface area (Å²) in [5.74, 6) is 0.862. The van der Waals surface area contributed by atoms with Crippen molar-refractivity contribution in [2.75, 3.05) is 0 Å². The van der Waals surface area contributed by atoms with Crippen molar-refractivity contribution in [1.82, 2.24) is 0 Å². The molecule has 388 valence electrons. The topological polar surface area (TPSA) is 26.3 Å². The Labute approximate surface area is 480 Å². The van der Waals surface area contributed by atoms with Gasteiger partial charge in [0.2, 0.25) is 0 Å². The van der Waals surface area contributed by atoms with Gasteiger partial charge in [-0.25, -0.2) is 0 Å². The lowest BCUT2D eigenvalue weighted by atomic mass is 9.84. The Balaban J connectivity index is 0.742. The van der Waals surface area contributed by atoms with Crippen LogP contribution in [0.15, 0.2) is 294 Å². The van der Waals surface area contributed by atoms with Crippen molar-refractivity contribution in [2.45, 2.75) is 6.92 Å². The van der Waals surface area contributed by atoms with Crippen LogP contribution in [0.2, 0.25) is 0 Å². The molecule has 0 saturated carbocycles. The molecule has 0 saturated heterocycles. The number of furan rings is 2. The minimum absolute atomic E-state index is 0.849. The summed E-state index contributed by atoms with van der Waals surface area (Å²) in [4.78, 5) is 0. The van der Waals surface area contributed by atoms with E-state index in [1.165, 1.54) is 92.8 Å². The van der Waals surface area contributed by atoms with Crippen LogP contribution in [0.3, 0.4) is 0 Å². The molecule has 14 aromatic carbocycles. The minimum atomic E-state index is 0.849. The van der Waals surface area contributed by atoms with Crippen molar-refractivity contribution >= 4 is 98.4 Å². The van der Waals surface area contributed by atoms with E-state index in [0.29, 0.717) is 0 Å². The average molecular weight is 1060 g/mol. The van der Waals surface area contributed by atoms with E-state index in [2.05, 4.69) is 280 Å². The molecule has 2 nitrogen and oxygen atoms in total. The zero-order valence-corrected chi connectivity index (χ0v) is 45.7. The Kier molecular flexibility index (Phi) is 11.3. The first-order valence-electron chi connectivity index (χ1n) is 28.5. The van der Waals surface area contributed by atoms with Gasteiger partial charge in [0.25, 0.3) is 0 Å². The lowest BCUT2D eigenvalue weighted by Gasteiger charge is -2.19. The number of fused-ring (bicyclic) bond motifs is 9. The van der Waals surface area contributed by atoms with E-state index in [9.17, 15) is 0 Å². The van der Waals surface area contributed by atoms with Gasteiger partial charge in [-0.15, -0.1) is 0 Å². The molecule has 0 atom stereocenters. The molecule has 2 aromatic heterocycles. The number of allylic oxidation sites excluding steroid dienone is 2. The number of para-hydroxylation sites is 1. The average Bonchev–Trinajstić information content (AvgIpc) is 2.71. The highest BCUT2D eigenvalue weighted by Gasteiger charge is 2.21. The summed E-state index contributed by atoms with van der Waals surface area (Å²) in [7, 11) is 0. The summed E-state index contributed by atoms with van der Waals surface area (Å²) in [6, 6.07) is 99.3. The summed E-state index contributed by atoms with van der Waals surface area (Å²) >= 11 is 0. The van der Waals surface area contributed by atoms with Gasteiger partial charge in [-0.2, -0.15) is 0 Å². The fraction of sp³-hybridized carbons (Fsp3) is 0.0123. The van der Waals surface area contributed by atoms with Gasteiger partial charge in [0.15, 0.2) is 0 Å². The highest BCUT2D eigenvalue weighted by Crippen LogP contribution is 2.48. The molecule has 0 N–H and O–H groups in total. The van der Waals surface area contributed by atoms with Crippen molar-refractivity contribution in [3.8, 4) is 66.8 Å². The van der Waals surface area contributed by atoms with E-state index >= 15 is 0 Å². The zero-order valence-electron chi connectivity index (χ0n) is 45.7. The first kappa shape index (κ1) is 48.1. The smallest absolute Gasteiger partial charge is 0.136 e. The molecule has 16 aromatic rings. The van der Waals surface area contributed by atoms with Crippen molar-refractivity contribution in [3.05, 3.63) is 303 Å². The van der Waals surface area contributed by atoms with Crippen molar-refractivity contribution < 1.29 is 8.83 Å². The third kappa shape index (κ3) is 7.94. The second-order valence-corrected chi connectivity index (χ2v) is 21.8. The number of benzene rings is 14. The van der Waals surface area contributed by atoms with Crippen LogP contribution in [-0.4, -0.2) is 0 Å². The van der Waals surface area contributed by atoms with Gasteiger partial charge in [0, 0.05) is 21.7 Å². The first-order valence-corrected chi connectivity index (χ1v) is 28.5. The molecule has 0 unspecified atom stereocenters. The van der Waals surface area contributed by atoms with Crippen molar-refractivity contribution in [1.29, 1.82) is 0 Å². The van der Waals surface area contributed by atoms with Crippen LogP contribution in [0.1, 0.15) is 16.9 Å². The Morgan fingerprint density at radius 3 is 1.28 bits per heavy atom. The van der Waals surface area contributed by atoms with Crippen LogP contribution in [0, 0.1) is 6.92 Å². The predicted molar refractivity (Wildman–Crippen MR) is 353 cm³/mol. The summed E-state index contributed by atoms with van der Waals surface area (Å²) in [5, 5.41) is 15.6. The van der Waals surface area contributed by atoms with E-state index in [0.717, 1.165) is 83.2 Å². The van der Waals surface area contributed by atoms with Crippen LogP contribution < -0.4 is 0 Å². The van der Waals surface area contributed by atoms with Gasteiger partial charge in [0.1, 0.15) is 22.5 Å². The molecule has 0 spiro atoms. The Morgan fingerprint density at radius 2 is 0.711 bits per heavy atom. The van der Waals surface area contributed by atoms with Crippen molar-refractivity contribution in [2.24, 2.45) is 0 Å². The zero-order chi connectivity index (χ0) is 55.1. The van der Waals surface area contributed by atoms with E-state index in [1.54, 1.807) is 0 Å². The van der Waals surface area contributed by atoms with Crippen LogP contribution in [0.5, 0.6) is 0 Å². The van der Waals surface area contributed by atoms with E-state index in [4.69, 9.17) is 8.83 Å². The fourth-order valence-corrected chi connectivity index (χ4v) is 13.3. The predicted octanol–water partition coefficient (Wildman–Crippen LogP) is 23.1. The molecule has 16 rings (SSSR count). The minimum Gasteiger partial charge on any atom is -0.461 e. The van der Waals surface area contributed by atoms with E-state index < -0.39 is 0 Å². The third-order valence-corrected chi connectivity index (χ3v) is 17.2. The van der Waals surface area contributed by atoms with E-state index in [-0.39, 0.29) is 0 Å². The quantitative estimate of drug-likeness (QED) is 0.106. The number of hydrogen-bond donors (Lipinski definition) is 0. The van der Waals surface area contributed by atoms with E-state index in [1.807, 2.05) is 18.2 Å². The fourth-order valence-electron chi connectivity index (χ4n) is 13.3. The summed E-state index contributed by atoms with van der Waals surface area (Å²) < 4.78 is 12.9. The lowest BCUT2D eigenvalue weighted by molar-refractivity contribution is 0.577. The van der Waals surface area contributed by atoms with Crippen LogP contribution in [0.4, 0.5) is 0 Å². The van der Waals surface area contributed by atoms with Crippen molar-refractivity contribution in [3.63, 3.8) is 0 Å². The van der Waals surface area contributed by atoms with Crippen LogP contribution >= 0.6 is 0 Å². The normalized spacial score (nSPS) is 12.0. The summed E-state index contributed by atoms with van der Waals surface area (Å²) in [6.45, 7) is 6.40. The second kappa shape index (κ2) is 19.5. The van der Waals surface area contributed by atoms with Gasteiger partial charge < -0.3 is 8.83 Å². The van der Waals surface area contributed by atoms with Gasteiger partial charge in [-0.3, -0.25) is 0 Å². The summed E-state index contributed by atoms with van der Waals surface area (Å²) in [5.41, 5.74) is 20.1. The van der Waals surface area contributed by atoms with Gasteiger partial charge in [-0.05, 0) is 187 Å². The maximum Gasteiger partial charge on any atom is 0.136 e. The SMILES string of the molecule is C=C/C(=C\c1c(C)oc2cc(-c3cc(-c4c5ccccc5c(-c5ccccc5)c5ccccc45)c4ccccc4c3)ccc12)c1ccc(-c2c3ccccc3c(-c3ccc(-c4ccc5c(c4)oc4ccccc45)cc3)c3ccccc23)cc1. The maximum atomic E-state index is 6.68. The third-order valence-electron chi connectivity index (χ3n) is 17.2. The molecule has 2 heteroatoms. The van der Waals surface area contributed by atoms with Gasteiger partial charge in [0.05, 0.1) is 0 Å². The molecule has 0 bridgehead atoms. The molecule has 0 fully saturated rings.